The number of carbonyl (C=O) groups excluding carboxylic acids is 2. The number of rotatable bonds is 5. The third kappa shape index (κ3) is 2.50. The van der Waals surface area contributed by atoms with E-state index in [2.05, 4.69) is 13.2 Å². The topological polar surface area (TPSA) is 34.1 Å². The minimum Gasteiger partial charge on any atom is -0.289 e. The van der Waals surface area contributed by atoms with E-state index >= 15 is 0 Å². The van der Waals surface area contributed by atoms with E-state index in [-0.39, 0.29) is 11.3 Å². The van der Waals surface area contributed by atoms with Gasteiger partial charge in [0, 0.05) is 16.7 Å². The Bertz CT molecular complexity index is 653. The van der Waals surface area contributed by atoms with Gasteiger partial charge in [-0.25, -0.2) is 0 Å². The molecule has 97 valence electrons. The fraction of sp³-hybridized carbons (Fsp3) is 0. The van der Waals surface area contributed by atoms with E-state index in [0.717, 1.165) is 5.56 Å². The second-order valence-corrected chi connectivity index (χ2v) is 4.23. The molecule has 0 unspecified atom stereocenters. The van der Waals surface area contributed by atoms with Crippen LogP contribution in [0.15, 0.2) is 55.6 Å². The largest absolute Gasteiger partial charge is 0.289 e. The zero-order valence-electron chi connectivity index (χ0n) is 10.9. The first-order chi connectivity index (χ1) is 9.71. The summed E-state index contributed by atoms with van der Waals surface area (Å²) in [7, 11) is 0. The third-order valence-electron chi connectivity index (χ3n) is 3.06. The quantitative estimate of drug-likeness (QED) is 0.770. The van der Waals surface area contributed by atoms with Crippen molar-refractivity contribution in [1.29, 1.82) is 0 Å². The monoisotopic (exact) mass is 261 g/mol. The van der Waals surface area contributed by atoms with Crippen molar-refractivity contribution in [2.45, 2.75) is 0 Å². The normalized spacial score (nSPS) is 9.80. The van der Waals surface area contributed by atoms with Crippen LogP contribution in [0.4, 0.5) is 0 Å². The lowest BCUT2D eigenvalue weighted by Crippen LogP contribution is -2.07. The minimum absolute atomic E-state index is 0.213. The molecule has 0 fully saturated rings. The number of hydrogen-bond donors (Lipinski definition) is 0. The zero-order valence-corrected chi connectivity index (χ0v) is 10.9. The molecule has 0 bridgehead atoms. The fourth-order valence-corrected chi connectivity index (χ4v) is 1.99. The molecular weight excluding hydrogens is 248 g/mol. The maximum absolute atomic E-state index is 12.6. The van der Waals surface area contributed by atoms with Gasteiger partial charge in [-0.1, -0.05) is 67.8 Å². The van der Waals surface area contributed by atoms with Crippen LogP contribution >= 0.6 is 0 Å². The van der Waals surface area contributed by atoms with Gasteiger partial charge in [-0.3, -0.25) is 9.59 Å². The van der Waals surface area contributed by atoms with Gasteiger partial charge < -0.3 is 0 Å². The Morgan fingerprint density at radius 1 is 1.00 bits per heavy atom. The first kappa shape index (κ1) is 13.7. The van der Waals surface area contributed by atoms with E-state index in [4.69, 9.17) is 0 Å². The highest BCUT2D eigenvalue weighted by atomic mass is 16.1. The first-order valence-electron chi connectivity index (χ1n) is 6.12. The van der Waals surface area contributed by atoms with Crippen molar-refractivity contribution in [2.75, 3.05) is 0 Å². The fourth-order valence-electron chi connectivity index (χ4n) is 1.99. The average molecular weight is 261 g/mol. The molecule has 20 heavy (non-hydrogen) atoms. The Labute approximate surface area is 118 Å². The molecule has 0 aliphatic heterocycles. The lowest BCUT2D eigenvalue weighted by atomic mass is 9.93. The molecular formula is C18H13O2. The summed E-state index contributed by atoms with van der Waals surface area (Å²) in [5.41, 5.74) is 2.66. The smallest absolute Gasteiger partial charge is 0.234 e. The number of benzene rings is 2. The molecule has 2 aromatic rings. The van der Waals surface area contributed by atoms with Crippen molar-refractivity contribution < 1.29 is 9.59 Å². The zero-order chi connectivity index (χ0) is 14.5. The molecule has 1 radical (unpaired) electrons. The first-order valence-corrected chi connectivity index (χ1v) is 6.12. The Balaban J connectivity index is 2.54. The molecule has 0 aliphatic carbocycles. The van der Waals surface area contributed by atoms with Crippen LogP contribution < -0.4 is 0 Å². The summed E-state index contributed by atoms with van der Waals surface area (Å²) < 4.78 is 0. The maximum Gasteiger partial charge on any atom is 0.234 e. The lowest BCUT2D eigenvalue weighted by Gasteiger charge is -2.08. The summed E-state index contributed by atoms with van der Waals surface area (Å²) in [5.74, 6) is -0.213. The molecule has 0 aliphatic rings. The van der Waals surface area contributed by atoms with Gasteiger partial charge in [0.1, 0.15) is 0 Å². The van der Waals surface area contributed by atoms with E-state index in [1.807, 2.05) is 6.29 Å². The lowest BCUT2D eigenvalue weighted by molar-refractivity contribution is 0.103. The van der Waals surface area contributed by atoms with Gasteiger partial charge in [0.2, 0.25) is 6.29 Å². The molecule has 0 spiro atoms. The molecule has 0 heterocycles. The molecule has 2 aromatic carbocycles. The molecule has 0 N–H and O–H groups in total. The van der Waals surface area contributed by atoms with Gasteiger partial charge in [0.05, 0.1) is 0 Å². The summed E-state index contributed by atoms with van der Waals surface area (Å²) >= 11 is 0. The van der Waals surface area contributed by atoms with E-state index in [0.29, 0.717) is 16.7 Å². The summed E-state index contributed by atoms with van der Waals surface area (Å²) in [5, 5.41) is 0. The van der Waals surface area contributed by atoms with E-state index in [1.165, 1.54) is 0 Å². The van der Waals surface area contributed by atoms with Gasteiger partial charge in [0.15, 0.2) is 5.78 Å². The van der Waals surface area contributed by atoms with Crippen LogP contribution in [0, 0.1) is 0 Å². The van der Waals surface area contributed by atoms with Crippen LogP contribution in [0.5, 0.6) is 0 Å². The van der Waals surface area contributed by atoms with Crippen LogP contribution in [0.2, 0.25) is 0 Å². The molecule has 0 saturated heterocycles. The third-order valence-corrected chi connectivity index (χ3v) is 3.06. The second kappa shape index (κ2) is 5.93. The molecule has 2 heteroatoms. The predicted octanol–water partition coefficient (Wildman–Crippen LogP) is 3.66. The maximum atomic E-state index is 12.6. The van der Waals surface area contributed by atoms with Gasteiger partial charge in [-0.05, 0) is 11.1 Å². The molecule has 2 rings (SSSR count). The molecule has 0 aromatic heterocycles. The van der Waals surface area contributed by atoms with Crippen molar-refractivity contribution in [3.8, 4) is 0 Å². The van der Waals surface area contributed by atoms with Crippen molar-refractivity contribution in [3.05, 3.63) is 83.4 Å². The Kier molecular flexibility index (Phi) is 4.06. The predicted molar refractivity (Wildman–Crippen MR) is 81.3 cm³/mol. The highest BCUT2D eigenvalue weighted by Gasteiger charge is 2.16. The van der Waals surface area contributed by atoms with Crippen molar-refractivity contribution in [2.24, 2.45) is 0 Å². The molecule has 0 amide bonds. The summed E-state index contributed by atoms with van der Waals surface area (Å²) in [6.07, 6.45) is 5.08. The molecule has 0 saturated carbocycles. The summed E-state index contributed by atoms with van der Waals surface area (Å²) in [4.78, 5) is 23.6. The highest BCUT2D eigenvalue weighted by molar-refractivity contribution is 6.14. The van der Waals surface area contributed by atoms with Gasteiger partial charge >= 0.3 is 0 Å². The van der Waals surface area contributed by atoms with Crippen LogP contribution in [-0.2, 0) is 4.79 Å². The Hall–Kier alpha value is -2.74. The molecule has 2 nitrogen and oxygen atoms in total. The standard InChI is InChI=1S/C18H13O2/c1-3-13-8-10-15(11-9-13)18(20)17-14(4-2)6-5-7-16(17)12-19/h3-11H,1-2H2. The van der Waals surface area contributed by atoms with E-state index in [1.54, 1.807) is 54.6 Å². The minimum atomic E-state index is -0.213. The SMILES string of the molecule is C=Cc1ccc(C(=O)c2c([C]=O)cccc2C=C)cc1. The average Bonchev–Trinajstić information content (AvgIpc) is 2.53. The van der Waals surface area contributed by atoms with Crippen molar-refractivity contribution in [1.82, 2.24) is 0 Å². The second-order valence-electron chi connectivity index (χ2n) is 4.23. The van der Waals surface area contributed by atoms with Crippen molar-refractivity contribution >= 4 is 24.2 Å². The van der Waals surface area contributed by atoms with Gasteiger partial charge in [-0.2, -0.15) is 0 Å². The Morgan fingerprint density at radius 2 is 1.70 bits per heavy atom. The van der Waals surface area contributed by atoms with Crippen molar-refractivity contribution in [3.63, 3.8) is 0 Å². The number of hydrogen-bond acceptors (Lipinski definition) is 2. The van der Waals surface area contributed by atoms with Crippen LogP contribution in [0.25, 0.3) is 12.2 Å². The number of ketones is 1. The van der Waals surface area contributed by atoms with E-state index in [9.17, 15) is 9.59 Å². The van der Waals surface area contributed by atoms with Crippen LogP contribution in [-0.4, -0.2) is 12.1 Å². The van der Waals surface area contributed by atoms with Gasteiger partial charge in [-0.15, -0.1) is 0 Å². The summed E-state index contributed by atoms with van der Waals surface area (Å²) in [6, 6.07) is 12.1. The molecule has 0 atom stereocenters. The Morgan fingerprint density at radius 3 is 2.25 bits per heavy atom. The van der Waals surface area contributed by atoms with Crippen LogP contribution in [0.1, 0.15) is 32.6 Å². The number of carbonyl (C=O) groups is 1. The summed E-state index contributed by atoms with van der Waals surface area (Å²) in [6.45, 7) is 7.34. The highest BCUT2D eigenvalue weighted by Crippen LogP contribution is 2.20. The van der Waals surface area contributed by atoms with Gasteiger partial charge in [0.25, 0.3) is 0 Å². The van der Waals surface area contributed by atoms with E-state index < -0.39 is 0 Å². The van der Waals surface area contributed by atoms with Crippen LogP contribution in [0.3, 0.4) is 0 Å².